The Morgan fingerprint density at radius 3 is 2.87 bits per heavy atom. The number of aromatic nitrogens is 4. The van der Waals surface area contributed by atoms with Crippen LogP contribution in [-0.4, -0.2) is 19.7 Å². The predicted octanol–water partition coefficient (Wildman–Crippen LogP) is 1.08. The molecule has 2 N–H and O–H groups in total. The quantitative estimate of drug-likeness (QED) is 0.827. The van der Waals surface area contributed by atoms with Gasteiger partial charge in [-0.05, 0) is 6.92 Å². The Morgan fingerprint density at radius 1 is 1.47 bits per heavy atom. The van der Waals surface area contributed by atoms with Crippen molar-refractivity contribution in [3.05, 3.63) is 35.0 Å². The molecule has 0 saturated carbocycles. The third-order valence-electron chi connectivity index (χ3n) is 1.95. The Balaban J connectivity index is 2.44. The average Bonchev–Trinajstić information content (AvgIpc) is 2.59. The zero-order chi connectivity index (χ0) is 10.8. The van der Waals surface area contributed by atoms with Crippen LogP contribution in [0.15, 0.2) is 18.6 Å². The van der Waals surface area contributed by atoms with E-state index in [2.05, 4.69) is 15.1 Å². The normalized spacial score (nSPS) is 10.6. The molecular formula is C9H10ClN5. The highest BCUT2D eigenvalue weighted by molar-refractivity contribution is 6.31. The van der Waals surface area contributed by atoms with Crippen molar-refractivity contribution >= 4 is 11.6 Å². The van der Waals surface area contributed by atoms with Gasteiger partial charge >= 0.3 is 0 Å². The molecule has 0 radical (unpaired) electrons. The number of nitrogens with two attached hydrogens (primary N) is 1. The van der Waals surface area contributed by atoms with Gasteiger partial charge in [-0.25, -0.2) is 9.67 Å². The maximum atomic E-state index is 5.90. The van der Waals surface area contributed by atoms with Crippen LogP contribution in [-0.2, 0) is 6.54 Å². The molecule has 0 amide bonds. The van der Waals surface area contributed by atoms with Crippen molar-refractivity contribution in [2.75, 3.05) is 0 Å². The molecule has 0 fully saturated rings. The number of halogens is 1. The van der Waals surface area contributed by atoms with Crippen LogP contribution in [0.1, 0.15) is 11.4 Å². The Hall–Kier alpha value is -1.46. The van der Waals surface area contributed by atoms with Crippen LogP contribution in [0.5, 0.6) is 0 Å². The second-order valence-electron chi connectivity index (χ2n) is 3.08. The van der Waals surface area contributed by atoms with Crippen molar-refractivity contribution < 1.29 is 0 Å². The molecule has 2 aromatic rings. The summed E-state index contributed by atoms with van der Waals surface area (Å²) in [4.78, 5) is 8.29. The minimum atomic E-state index is 0.356. The molecule has 0 aromatic carbocycles. The fourth-order valence-corrected chi connectivity index (χ4v) is 1.29. The van der Waals surface area contributed by atoms with Gasteiger partial charge in [0.05, 0.1) is 28.8 Å². The molecule has 0 saturated heterocycles. The number of aryl methyl sites for hydroxylation is 1. The van der Waals surface area contributed by atoms with Crippen molar-refractivity contribution in [3.8, 4) is 5.82 Å². The van der Waals surface area contributed by atoms with E-state index in [1.54, 1.807) is 23.3 Å². The maximum absolute atomic E-state index is 5.90. The lowest BCUT2D eigenvalue weighted by atomic mass is 10.4. The standard InChI is InChI=1S/C9H10ClN5/c1-6-8(10)5-15(14-6)9-4-12-3-7(2-11)13-9/h3-5H,2,11H2,1H3. The lowest BCUT2D eigenvalue weighted by Crippen LogP contribution is -2.05. The zero-order valence-electron chi connectivity index (χ0n) is 8.18. The molecule has 2 rings (SSSR count). The van der Waals surface area contributed by atoms with E-state index in [1.807, 2.05) is 6.92 Å². The van der Waals surface area contributed by atoms with Gasteiger partial charge in [-0.2, -0.15) is 5.10 Å². The Kier molecular flexibility index (Phi) is 2.66. The van der Waals surface area contributed by atoms with Crippen molar-refractivity contribution in [2.24, 2.45) is 5.73 Å². The molecule has 0 bridgehead atoms. The smallest absolute Gasteiger partial charge is 0.172 e. The predicted molar refractivity (Wildman–Crippen MR) is 56.8 cm³/mol. The van der Waals surface area contributed by atoms with Crippen LogP contribution in [0, 0.1) is 6.92 Å². The molecule has 0 aliphatic heterocycles. The Bertz CT molecular complexity index is 460. The van der Waals surface area contributed by atoms with Gasteiger partial charge in [-0.3, -0.25) is 4.98 Å². The average molecular weight is 224 g/mol. The molecule has 0 aliphatic rings. The molecular weight excluding hydrogens is 214 g/mol. The topological polar surface area (TPSA) is 69.6 Å². The SMILES string of the molecule is Cc1nn(-c2cncc(CN)n2)cc1Cl. The summed E-state index contributed by atoms with van der Waals surface area (Å²) >= 11 is 5.90. The van der Waals surface area contributed by atoms with E-state index in [1.165, 1.54) is 0 Å². The summed E-state index contributed by atoms with van der Waals surface area (Å²) < 4.78 is 1.59. The molecule has 0 atom stereocenters. The first-order valence-electron chi connectivity index (χ1n) is 4.44. The van der Waals surface area contributed by atoms with E-state index in [4.69, 9.17) is 17.3 Å². The van der Waals surface area contributed by atoms with E-state index in [0.717, 1.165) is 11.4 Å². The fourth-order valence-electron chi connectivity index (χ4n) is 1.16. The third kappa shape index (κ3) is 1.98. The lowest BCUT2D eigenvalue weighted by molar-refractivity contribution is 0.806. The van der Waals surface area contributed by atoms with Gasteiger partial charge in [-0.15, -0.1) is 0 Å². The van der Waals surface area contributed by atoms with Gasteiger partial charge in [0.15, 0.2) is 5.82 Å². The van der Waals surface area contributed by atoms with Crippen LogP contribution in [0.25, 0.3) is 5.82 Å². The fraction of sp³-hybridized carbons (Fsp3) is 0.222. The minimum Gasteiger partial charge on any atom is -0.325 e. The summed E-state index contributed by atoms with van der Waals surface area (Å²) in [6, 6.07) is 0. The van der Waals surface area contributed by atoms with Gasteiger partial charge in [0.1, 0.15) is 0 Å². The first-order valence-corrected chi connectivity index (χ1v) is 4.81. The first kappa shape index (κ1) is 10.1. The first-order chi connectivity index (χ1) is 7.20. The van der Waals surface area contributed by atoms with E-state index >= 15 is 0 Å². The summed E-state index contributed by atoms with van der Waals surface area (Å²) in [6.07, 6.45) is 4.94. The molecule has 0 aliphatic carbocycles. The summed E-state index contributed by atoms with van der Waals surface area (Å²) in [5.74, 6) is 0.618. The highest BCUT2D eigenvalue weighted by Crippen LogP contribution is 2.14. The van der Waals surface area contributed by atoms with Crippen LogP contribution < -0.4 is 5.73 Å². The van der Waals surface area contributed by atoms with Crippen molar-refractivity contribution in [3.63, 3.8) is 0 Å². The van der Waals surface area contributed by atoms with Crippen molar-refractivity contribution in [2.45, 2.75) is 13.5 Å². The highest BCUT2D eigenvalue weighted by Gasteiger charge is 2.05. The molecule has 5 nitrogen and oxygen atoms in total. The second kappa shape index (κ2) is 3.96. The van der Waals surface area contributed by atoms with E-state index in [0.29, 0.717) is 17.4 Å². The summed E-state index contributed by atoms with van der Waals surface area (Å²) in [5, 5.41) is 4.80. The molecule has 2 heterocycles. The van der Waals surface area contributed by atoms with Crippen molar-refractivity contribution in [1.29, 1.82) is 0 Å². The number of hydrogen-bond acceptors (Lipinski definition) is 4. The van der Waals surface area contributed by atoms with Crippen LogP contribution in [0.2, 0.25) is 5.02 Å². The van der Waals surface area contributed by atoms with Crippen molar-refractivity contribution in [1.82, 2.24) is 19.7 Å². The summed E-state index contributed by atoms with van der Waals surface area (Å²) in [7, 11) is 0. The van der Waals surface area contributed by atoms with Gasteiger partial charge < -0.3 is 5.73 Å². The maximum Gasteiger partial charge on any atom is 0.172 e. The largest absolute Gasteiger partial charge is 0.325 e. The second-order valence-corrected chi connectivity index (χ2v) is 3.49. The van der Waals surface area contributed by atoms with E-state index in [9.17, 15) is 0 Å². The number of nitrogens with zero attached hydrogens (tertiary/aromatic N) is 4. The van der Waals surface area contributed by atoms with Gasteiger partial charge in [0, 0.05) is 12.7 Å². The monoisotopic (exact) mass is 223 g/mol. The third-order valence-corrected chi connectivity index (χ3v) is 2.33. The van der Waals surface area contributed by atoms with E-state index in [-0.39, 0.29) is 0 Å². The van der Waals surface area contributed by atoms with Crippen LogP contribution >= 0.6 is 11.6 Å². The lowest BCUT2D eigenvalue weighted by Gasteiger charge is -2.00. The molecule has 6 heteroatoms. The Labute approximate surface area is 91.9 Å². The summed E-state index contributed by atoms with van der Waals surface area (Å²) in [5.41, 5.74) is 6.95. The zero-order valence-corrected chi connectivity index (χ0v) is 8.94. The van der Waals surface area contributed by atoms with Gasteiger partial charge in [0.2, 0.25) is 0 Å². The number of rotatable bonds is 2. The molecule has 0 spiro atoms. The molecule has 78 valence electrons. The number of hydrogen-bond donors (Lipinski definition) is 1. The molecule has 2 aromatic heterocycles. The van der Waals surface area contributed by atoms with Gasteiger partial charge in [0.25, 0.3) is 0 Å². The Morgan fingerprint density at radius 2 is 2.27 bits per heavy atom. The van der Waals surface area contributed by atoms with E-state index < -0.39 is 0 Å². The van der Waals surface area contributed by atoms with Gasteiger partial charge in [-0.1, -0.05) is 11.6 Å². The molecule has 0 unspecified atom stereocenters. The minimum absolute atomic E-state index is 0.356. The summed E-state index contributed by atoms with van der Waals surface area (Å²) in [6.45, 7) is 2.19. The highest BCUT2D eigenvalue weighted by atomic mass is 35.5. The van der Waals surface area contributed by atoms with Crippen LogP contribution in [0.3, 0.4) is 0 Å². The van der Waals surface area contributed by atoms with Crippen LogP contribution in [0.4, 0.5) is 0 Å². The molecule has 15 heavy (non-hydrogen) atoms.